The van der Waals surface area contributed by atoms with Crippen molar-refractivity contribution in [1.29, 1.82) is 0 Å². The molecule has 3 heteroatoms. The normalized spacial score (nSPS) is 23.2. The van der Waals surface area contributed by atoms with Gasteiger partial charge in [-0.3, -0.25) is 4.90 Å². The summed E-state index contributed by atoms with van der Waals surface area (Å²) in [5.74, 6) is 1.23. The molecule has 3 heterocycles. The number of aromatic nitrogens is 1. The first-order chi connectivity index (χ1) is 11.3. The maximum absolute atomic E-state index is 4.89. The van der Waals surface area contributed by atoms with Crippen LogP contribution in [0.3, 0.4) is 0 Å². The van der Waals surface area contributed by atoms with E-state index in [0.29, 0.717) is 6.04 Å². The molecular weight excluding hydrogens is 282 g/mol. The largest absolute Gasteiger partial charge is 0.356 e. The van der Waals surface area contributed by atoms with Crippen molar-refractivity contribution in [2.45, 2.75) is 71.3 Å². The predicted octanol–water partition coefficient (Wildman–Crippen LogP) is 4.71. The Hall–Kier alpha value is -1.09. The van der Waals surface area contributed by atoms with Crippen LogP contribution in [0.5, 0.6) is 0 Å². The van der Waals surface area contributed by atoms with Crippen LogP contribution in [-0.4, -0.2) is 36.1 Å². The maximum atomic E-state index is 4.89. The van der Waals surface area contributed by atoms with E-state index in [4.69, 9.17) is 4.98 Å². The van der Waals surface area contributed by atoms with E-state index in [1.54, 1.807) is 0 Å². The highest BCUT2D eigenvalue weighted by Gasteiger charge is 2.24. The molecule has 0 aliphatic carbocycles. The van der Waals surface area contributed by atoms with Gasteiger partial charge in [-0.2, -0.15) is 0 Å². The average Bonchev–Trinajstić information content (AvgIpc) is 2.61. The SMILES string of the molecule is CCCCN1CCCCC1c1cnc(N2CCCCC2)c(C)c1. The van der Waals surface area contributed by atoms with Gasteiger partial charge in [0.2, 0.25) is 0 Å². The standard InChI is InChI=1S/C20H33N3/c1-3-4-11-22-12-9-6-10-19(22)18-15-17(2)20(21-16-18)23-13-7-5-8-14-23/h15-16,19H,3-14H2,1-2H3. The van der Waals surface area contributed by atoms with Crippen LogP contribution >= 0.6 is 0 Å². The maximum Gasteiger partial charge on any atom is 0.131 e. The third-order valence-electron chi connectivity index (χ3n) is 5.52. The molecular formula is C20H33N3. The van der Waals surface area contributed by atoms with Crippen molar-refractivity contribution in [3.05, 3.63) is 23.4 Å². The van der Waals surface area contributed by atoms with E-state index in [2.05, 4.69) is 35.9 Å². The Balaban J connectivity index is 1.75. The first kappa shape index (κ1) is 16.8. The smallest absolute Gasteiger partial charge is 0.131 e. The van der Waals surface area contributed by atoms with Gasteiger partial charge in [0, 0.05) is 25.3 Å². The van der Waals surface area contributed by atoms with E-state index < -0.39 is 0 Å². The van der Waals surface area contributed by atoms with Gasteiger partial charge in [-0.05, 0) is 75.7 Å². The molecule has 3 rings (SSSR count). The summed E-state index contributed by atoms with van der Waals surface area (Å²) in [6.07, 6.45) is 12.8. The fourth-order valence-corrected chi connectivity index (χ4v) is 4.21. The summed E-state index contributed by atoms with van der Waals surface area (Å²) in [7, 11) is 0. The molecule has 3 nitrogen and oxygen atoms in total. The first-order valence-electron chi connectivity index (χ1n) is 9.75. The van der Waals surface area contributed by atoms with Crippen molar-refractivity contribution < 1.29 is 0 Å². The molecule has 128 valence electrons. The third kappa shape index (κ3) is 4.06. The summed E-state index contributed by atoms with van der Waals surface area (Å²) in [4.78, 5) is 10.1. The number of piperidine rings is 2. The van der Waals surface area contributed by atoms with Gasteiger partial charge in [0.05, 0.1) is 0 Å². The van der Waals surface area contributed by atoms with Crippen LogP contribution in [0.2, 0.25) is 0 Å². The second-order valence-corrected chi connectivity index (χ2v) is 7.36. The number of hydrogen-bond acceptors (Lipinski definition) is 3. The van der Waals surface area contributed by atoms with Crippen LogP contribution in [0.1, 0.15) is 75.5 Å². The highest BCUT2D eigenvalue weighted by molar-refractivity contribution is 5.48. The Morgan fingerprint density at radius 1 is 1.09 bits per heavy atom. The summed E-state index contributed by atoms with van der Waals surface area (Å²) in [6.45, 7) is 9.40. The van der Waals surface area contributed by atoms with E-state index in [-0.39, 0.29) is 0 Å². The summed E-state index contributed by atoms with van der Waals surface area (Å²) in [5, 5.41) is 0. The van der Waals surface area contributed by atoms with E-state index in [9.17, 15) is 0 Å². The van der Waals surface area contributed by atoms with Gasteiger partial charge in [0.1, 0.15) is 5.82 Å². The summed E-state index contributed by atoms with van der Waals surface area (Å²) < 4.78 is 0. The molecule has 2 fully saturated rings. The fraction of sp³-hybridized carbons (Fsp3) is 0.750. The van der Waals surface area contributed by atoms with Gasteiger partial charge in [-0.15, -0.1) is 0 Å². The van der Waals surface area contributed by atoms with Crippen LogP contribution in [0.15, 0.2) is 12.3 Å². The number of likely N-dealkylation sites (tertiary alicyclic amines) is 1. The number of nitrogens with zero attached hydrogens (tertiary/aromatic N) is 3. The quantitative estimate of drug-likeness (QED) is 0.784. The highest BCUT2D eigenvalue weighted by atomic mass is 15.2. The molecule has 0 saturated carbocycles. The van der Waals surface area contributed by atoms with Gasteiger partial charge in [0.25, 0.3) is 0 Å². The van der Waals surface area contributed by atoms with E-state index in [1.165, 1.54) is 94.5 Å². The molecule has 0 bridgehead atoms. The molecule has 1 aromatic rings. The Morgan fingerprint density at radius 2 is 1.87 bits per heavy atom. The van der Waals surface area contributed by atoms with E-state index in [0.717, 1.165) is 0 Å². The van der Waals surface area contributed by atoms with E-state index in [1.807, 2.05) is 0 Å². The Bertz CT molecular complexity index is 494. The molecule has 2 saturated heterocycles. The lowest BCUT2D eigenvalue weighted by molar-refractivity contribution is 0.146. The van der Waals surface area contributed by atoms with Crippen molar-refractivity contribution in [2.75, 3.05) is 31.1 Å². The summed E-state index contributed by atoms with van der Waals surface area (Å²) in [5.41, 5.74) is 2.81. The number of rotatable bonds is 5. The van der Waals surface area contributed by atoms with Crippen LogP contribution in [-0.2, 0) is 0 Å². The number of hydrogen-bond donors (Lipinski definition) is 0. The molecule has 0 spiro atoms. The third-order valence-corrected chi connectivity index (χ3v) is 5.52. The highest BCUT2D eigenvalue weighted by Crippen LogP contribution is 2.33. The van der Waals surface area contributed by atoms with Crippen molar-refractivity contribution in [3.8, 4) is 0 Å². The molecule has 0 amide bonds. The lowest BCUT2D eigenvalue weighted by Gasteiger charge is -2.36. The summed E-state index contributed by atoms with van der Waals surface area (Å²) in [6, 6.07) is 3.02. The van der Waals surface area contributed by atoms with Crippen molar-refractivity contribution in [2.24, 2.45) is 0 Å². The van der Waals surface area contributed by atoms with Crippen molar-refractivity contribution in [1.82, 2.24) is 9.88 Å². The minimum Gasteiger partial charge on any atom is -0.356 e. The minimum absolute atomic E-state index is 0.594. The lowest BCUT2D eigenvalue weighted by atomic mass is 9.95. The zero-order chi connectivity index (χ0) is 16.1. The average molecular weight is 316 g/mol. The molecule has 1 atom stereocenters. The molecule has 1 unspecified atom stereocenters. The zero-order valence-electron chi connectivity index (χ0n) is 15.1. The molecule has 2 aliphatic heterocycles. The van der Waals surface area contributed by atoms with Gasteiger partial charge in [-0.25, -0.2) is 4.98 Å². The summed E-state index contributed by atoms with van der Waals surface area (Å²) >= 11 is 0. The van der Waals surface area contributed by atoms with Crippen LogP contribution in [0.4, 0.5) is 5.82 Å². The van der Waals surface area contributed by atoms with Gasteiger partial charge in [-0.1, -0.05) is 19.8 Å². The number of pyridine rings is 1. The predicted molar refractivity (Wildman–Crippen MR) is 98.1 cm³/mol. The second-order valence-electron chi connectivity index (χ2n) is 7.36. The van der Waals surface area contributed by atoms with E-state index >= 15 is 0 Å². The lowest BCUT2D eigenvalue weighted by Crippen LogP contribution is -2.34. The first-order valence-corrected chi connectivity index (χ1v) is 9.75. The molecule has 0 aromatic carbocycles. The van der Waals surface area contributed by atoms with Crippen LogP contribution in [0, 0.1) is 6.92 Å². The molecule has 1 aromatic heterocycles. The molecule has 2 aliphatic rings. The van der Waals surface area contributed by atoms with Gasteiger partial charge >= 0.3 is 0 Å². The van der Waals surface area contributed by atoms with Crippen LogP contribution < -0.4 is 4.90 Å². The fourth-order valence-electron chi connectivity index (χ4n) is 4.21. The Morgan fingerprint density at radius 3 is 2.61 bits per heavy atom. The van der Waals surface area contributed by atoms with Gasteiger partial charge < -0.3 is 4.90 Å². The van der Waals surface area contributed by atoms with Crippen molar-refractivity contribution in [3.63, 3.8) is 0 Å². The van der Waals surface area contributed by atoms with Gasteiger partial charge in [0.15, 0.2) is 0 Å². The molecule has 23 heavy (non-hydrogen) atoms. The Kier molecular flexibility index (Phi) is 5.93. The molecule has 0 radical (unpaired) electrons. The molecule has 0 N–H and O–H groups in total. The number of aryl methyl sites for hydroxylation is 1. The van der Waals surface area contributed by atoms with Crippen LogP contribution in [0.25, 0.3) is 0 Å². The zero-order valence-corrected chi connectivity index (χ0v) is 15.1. The second kappa shape index (κ2) is 8.14. The number of unbranched alkanes of at least 4 members (excludes halogenated alkanes) is 1. The topological polar surface area (TPSA) is 19.4 Å². The van der Waals surface area contributed by atoms with Crippen molar-refractivity contribution >= 4 is 5.82 Å². The number of anilines is 1. The monoisotopic (exact) mass is 315 g/mol. The Labute approximate surface area is 142 Å². The minimum atomic E-state index is 0.594.